The normalized spacial score (nSPS) is 11.1. The van der Waals surface area contributed by atoms with Crippen molar-refractivity contribution in [1.29, 1.82) is 0 Å². The molecule has 120 valence electrons. The van der Waals surface area contributed by atoms with Crippen LogP contribution in [0.15, 0.2) is 36.7 Å². The zero-order valence-corrected chi connectivity index (χ0v) is 13.4. The van der Waals surface area contributed by atoms with E-state index in [1.807, 2.05) is 18.3 Å². The Bertz CT molecular complexity index is 819. The first kappa shape index (κ1) is 15.8. The van der Waals surface area contributed by atoms with Gasteiger partial charge in [-0.2, -0.15) is 0 Å². The minimum Gasteiger partial charge on any atom is -0.490 e. The minimum absolute atomic E-state index is 0.291. The first-order chi connectivity index (χ1) is 11.2. The van der Waals surface area contributed by atoms with Crippen LogP contribution in [0.25, 0.3) is 11.0 Å². The van der Waals surface area contributed by atoms with Crippen molar-refractivity contribution in [2.75, 3.05) is 20.3 Å². The molecule has 0 aliphatic rings. The average Bonchev–Trinajstić information content (AvgIpc) is 2.97. The number of halogens is 2. The lowest BCUT2D eigenvalue weighted by molar-refractivity contribution is 0.146. The fraction of sp³-hybridized carbons (Fsp3) is 0.235. The van der Waals surface area contributed by atoms with E-state index in [1.54, 1.807) is 13.3 Å². The number of benzene rings is 1. The van der Waals surface area contributed by atoms with Gasteiger partial charge in [-0.25, -0.2) is 9.37 Å². The van der Waals surface area contributed by atoms with Crippen LogP contribution >= 0.6 is 11.6 Å². The summed E-state index contributed by atoms with van der Waals surface area (Å²) in [5.74, 6) is 0.102. The Kier molecular flexibility index (Phi) is 4.79. The van der Waals surface area contributed by atoms with Crippen molar-refractivity contribution < 1.29 is 13.9 Å². The summed E-state index contributed by atoms with van der Waals surface area (Å²) in [4.78, 5) is 7.31. The van der Waals surface area contributed by atoms with Crippen molar-refractivity contribution in [3.8, 4) is 5.75 Å². The van der Waals surface area contributed by atoms with Crippen molar-refractivity contribution in [3.63, 3.8) is 0 Å². The topological polar surface area (TPSA) is 47.1 Å². The average molecular weight is 335 g/mol. The zero-order chi connectivity index (χ0) is 16.2. The Morgan fingerprint density at radius 2 is 2.13 bits per heavy atom. The summed E-state index contributed by atoms with van der Waals surface area (Å²) in [6.45, 7) is 0.801. The summed E-state index contributed by atoms with van der Waals surface area (Å²) >= 11 is 6.33. The predicted octanol–water partition coefficient (Wildman–Crippen LogP) is 3.97. The van der Waals surface area contributed by atoms with E-state index in [1.165, 1.54) is 12.1 Å². The van der Waals surface area contributed by atoms with Crippen molar-refractivity contribution >= 4 is 22.6 Å². The fourth-order valence-electron chi connectivity index (χ4n) is 2.43. The molecule has 2 heterocycles. The largest absolute Gasteiger partial charge is 0.490 e. The van der Waals surface area contributed by atoms with Gasteiger partial charge in [0.2, 0.25) is 0 Å². The SMILES string of the molecule is COCCOc1ccc(F)c(Cc2c[nH]c3ncccc23)c1Cl. The third-order valence-corrected chi connectivity index (χ3v) is 4.01. The number of pyridine rings is 1. The molecule has 0 fully saturated rings. The molecule has 23 heavy (non-hydrogen) atoms. The molecular formula is C17H16ClFN2O2. The first-order valence-electron chi connectivity index (χ1n) is 7.20. The highest BCUT2D eigenvalue weighted by Gasteiger charge is 2.15. The molecule has 0 radical (unpaired) electrons. The van der Waals surface area contributed by atoms with Crippen LogP contribution in [0, 0.1) is 5.82 Å². The number of hydrogen-bond donors (Lipinski definition) is 1. The second kappa shape index (κ2) is 6.98. The molecule has 0 spiro atoms. The molecule has 0 aliphatic heterocycles. The highest BCUT2D eigenvalue weighted by molar-refractivity contribution is 6.32. The van der Waals surface area contributed by atoms with Crippen LogP contribution in [-0.4, -0.2) is 30.3 Å². The molecule has 4 nitrogen and oxygen atoms in total. The van der Waals surface area contributed by atoms with Gasteiger partial charge < -0.3 is 14.5 Å². The van der Waals surface area contributed by atoms with E-state index in [9.17, 15) is 4.39 Å². The summed E-state index contributed by atoms with van der Waals surface area (Å²) in [7, 11) is 1.59. The minimum atomic E-state index is -0.354. The lowest BCUT2D eigenvalue weighted by Gasteiger charge is -2.12. The van der Waals surface area contributed by atoms with E-state index in [-0.39, 0.29) is 5.82 Å². The van der Waals surface area contributed by atoms with Gasteiger partial charge >= 0.3 is 0 Å². The van der Waals surface area contributed by atoms with Crippen LogP contribution in [0.5, 0.6) is 5.75 Å². The number of fused-ring (bicyclic) bond motifs is 1. The van der Waals surface area contributed by atoms with Gasteiger partial charge in [-0.05, 0) is 29.8 Å². The van der Waals surface area contributed by atoms with E-state index >= 15 is 0 Å². The Hall–Kier alpha value is -2.11. The smallest absolute Gasteiger partial charge is 0.138 e. The molecule has 2 aromatic heterocycles. The van der Waals surface area contributed by atoms with Gasteiger partial charge in [0, 0.05) is 36.9 Å². The summed E-state index contributed by atoms with van der Waals surface area (Å²) in [6, 6.07) is 6.70. The molecule has 0 atom stereocenters. The Morgan fingerprint density at radius 3 is 2.96 bits per heavy atom. The number of nitrogens with one attached hydrogen (secondary N) is 1. The van der Waals surface area contributed by atoms with Gasteiger partial charge in [0.25, 0.3) is 0 Å². The molecule has 6 heteroatoms. The van der Waals surface area contributed by atoms with E-state index in [4.69, 9.17) is 21.1 Å². The fourth-order valence-corrected chi connectivity index (χ4v) is 2.71. The summed E-state index contributed by atoms with van der Waals surface area (Å²) < 4.78 is 24.7. The molecule has 0 saturated heterocycles. The molecule has 3 rings (SSSR count). The van der Waals surface area contributed by atoms with Crippen LogP contribution in [0.3, 0.4) is 0 Å². The van der Waals surface area contributed by atoms with E-state index in [2.05, 4.69) is 9.97 Å². The maximum atomic E-state index is 14.2. The van der Waals surface area contributed by atoms with Crippen molar-refractivity contribution in [3.05, 3.63) is 58.6 Å². The molecule has 0 amide bonds. The Morgan fingerprint density at radius 1 is 1.26 bits per heavy atom. The van der Waals surface area contributed by atoms with Gasteiger partial charge in [0.05, 0.1) is 11.6 Å². The van der Waals surface area contributed by atoms with Gasteiger partial charge in [-0.15, -0.1) is 0 Å². The maximum Gasteiger partial charge on any atom is 0.138 e. The summed E-state index contributed by atoms with van der Waals surface area (Å²) in [5.41, 5.74) is 2.11. The molecule has 1 aromatic carbocycles. The second-order valence-corrected chi connectivity index (χ2v) is 5.45. The van der Waals surface area contributed by atoms with Gasteiger partial charge in [-0.3, -0.25) is 0 Å². The summed E-state index contributed by atoms with van der Waals surface area (Å²) in [5, 5.41) is 1.24. The lowest BCUT2D eigenvalue weighted by atomic mass is 10.0. The van der Waals surface area contributed by atoms with Crippen LogP contribution in [0.1, 0.15) is 11.1 Å². The Labute approximate surface area is 138 Å². The van der Waals surface area contributed by atoms with E-state index < -0.39 is 0 Å². The van der Waals surface area contributed by atoms with Gasteiger partial charge in [0.1, 0.15) is 23.8 Å². The maximum absolute atomic E-state index is 14.2. The second-order valence-electron chi connectivity index (χ2n) is 5.07. The number of aromatic nitrogens is 2. The summed E-state index contributed by atoms with van der Waals surface area (Å²) in [6.07, 6.45) is 3.89. The van der Waals surface area contributed by atoms with Crippen LogP contribution in [-0.2, 0) is 11.2 Å². The van der Waals surface area contributed by atoms with E-state index in [0.717, 1.165) is 16.6 Å². The standard InChI is InChI=1S/C17H16ClFN2O2/c1-22-7-8-23-15-5-4-14(19)13(16(15)18)9-11-10-21-17-12(11)3-2-6-20-17/h2-6,10H,7-9H2,1H3,(H,20,21). The molecule has 0 saturated carbocycles. The third-order valence-electron chi connectivity index (χ3n) is 3.60. The number of rotatable bonds is 6. The van der Waals surface area contributed by atoms with Gasteiger partial charge in [-0.1, -0.05) is 11.6 Å². The highest BCUT2D eigenvalue weighted by Crippen LogP contribution is 2.33. The molecule has 0 bridgehead atoms. The quantitative estimate of drug-likeness (QED) is 0.694. The number of hydrogen-bond acceptors (Lipinski definition) is 3. The lowest BCUT2D eigenvalue weighted by Crippen LogP contribution is -2.06. The Balaban J connectivity index is 1.91. The molecule has 0 aliphatic carbocycles. The molecule has 0 unspecified atom stereocenters. The third kappa shape index (κ3) is 3.30. The van der Waals surface area contributed by atoms with Crippen LogP contribution < -0.4 is 4.74 Å². The predicted molar refractivity (Wildman–Crippen MR) is 87.7 cm³/mol. The van der Waals surface area contributed by atoms with Crippen molar-refractivity contribution in [2.24, 2.45) is 0 Å². The number of H-pyrrole nitrogens is 1. The first-order valence-corrected chi connectivity index (χ1v) is 7.58. The molecule has 1 N–H and O–H groups in total. The number of ether oxygens (including phenoxy) is 2. The van der Waals surface area contributed by atoms with Crippen LogP contribution in [0.4, 0.5) is 4.39 Å². The number of nitrogens with zero attached hydrogens (tertiary/aromatic N) is 1. The van der Waals surface area contributed by atoms with Crippen molar-refractivity contribution in [2.45, 2.75) is 6.42 Å². The zero-order valence-electron chi connectivity index (χ0n) is 12.6. The number of methoxy groups -OCH3 is 1. The number of aromatic amines is 1. The van der Waals surface area contributed by atoms with Crippen LogP contribution in [0.2, 0.25) is 5.02 Å². The molecular weight excluding hydrogens is 319 g/mol. The monoisotopic (exact) mass is 334 g/mol. The molecule has 3 aromatic rings. The van der Waals surface area contributed by atoms with E-state index in [0.29, 0.717) is 36.0 Å². The van der Waals surface area contributed by atoms with Gasteiger partial charge in [0.15, 0.2) is 0 Å². The van der Waals surface area contributed by atoms with Crippen molar-refractivity contribution in [1.82, 2.24) is 9.97 Å². The highest BCUT2D eigenvalue weighted by atomic mass is 35.5.